The molecule has 0 aliphatic rings. The second kappa shape index (κ2) is 7.75. The summed E-state index contributed by atoms with van der Waals surface area (Å²) in [6.07, 6.45) is 7.69. The van der Waals surface area contributed by atoms with E-state index in [4.69, 9.17) is 0 Å². The molecule has 2 aromatic carbocycles. The average molecular weight is 297 g/mol. The first-order valence-corrected chi connectivity index (χ1v) is 8.85. The summed E-state index contributed by atoms with van der Waals surface area (Å²) in [6, 6.07) is 18.9. The van der Waals surface area contributed by atoms with Gasteiger partial charge in [0.1, 0.15) is 0 Å². The molecule has 0 N–H and O–H groups in total. The van der Waals surface area contributed by atoms with Crippen molar-refractivity contribution < 1.29 is 4.57 Å². The van der Waals surface area contributed by atoms with E-state index in [1.807, 2.05) is 72.8 Å². The Hall–Kier alpha value is -1.92. The van der Waals surface area contributed by atoms with Crippen molar-refractivity contribution in [2.75, 3.05) is 0 Å². The summed E-state index contributed by atoms with van der Waals surface area (Å²) in [5.74, 6) is 0. The molecule has 0 saturated heterocycles. The van der Waals surface area contributed by atoms with Crippen molar-refractivity contribution >= 4 is 24.1 Å². The van der Waals surface area contributed by atoms with Crippen molar-refractivity contribution in [3.05, 3.63) is 72.8 Å². The molecule has 0 unspecified atom stereocenters. The highest BCUT2D eigenvalue weighted by Gasteiger charge is 2.25. The number of nitrogens with zero attached hydrogens (tertiary/aromatic N) is 1. The normalized spacial score (nSPS) is 12.2. The van der Waals surface area contributed by atoms with Gasteiger partial charge in [-0.25, -0.2) is 4.76 Å². The van der Waals surface area contributed by atoms with Gasteiger partial charge in [0.2, 0.25) is 7.29 Å². The Kier molecular flexibility index (Phi) is 5.71. The molecule has 0 bridgehead atoms. The van der Waals surface area contributed by atoms with Gasteiger partial charge < -0.3 is 0 Å². The van der Waals surface area contributed by atoms with Gasteiger partial charge in [-0.15, -0.1) is 0 Å². The summed E-state index contributed by atoms with van der Waals surface area (Å²) < 4.78 is 17.8. The molecule has 21 heavy (non-hydrogen) atoms. The van der Waals surface area contributed by atoms with Crippen LogP contribution in [0.15, 0.2) is 77.6 Å². The summed E-state index contributed by atoms with van der Waals surface area (Å²) in [5, 5.41) is 1.52. The number of allylic oxidation sites excluding steroid dienone is 2. The summed E-state index contributed by atoms with van der Waals surface area (Å²) in [6.45, 7) is 2.13. The predicted octanol–water partition coefficient (Wildman–Crippen LogP) is 4.34. The SMILES string of the molecule is CCC/C=C/C=NP(=O)(c1ccccc1)c1ccccc1. The quantitative estimate of drug-likeness (QED) is 0.576. The average Bonchev–Trinajstić information content (AvgIpc) is 2.56. The number of unbranched alkanes of at least 4 members (excludes halogenated alkanes) is 1. The lowest BCUT2D eigenvalue weighted by molar-refractivity contribution is 0.588. The molecular weight excluding hydrogens is 277 g/mol. The van der Waals surface area contributed by atoms with Gasteiger partial charge in [-0.1, -0.05) is 55.8 Å². The smallest absolute Gasteiger partial charge is 0.247 e. The maximum absolute atomic E-state index is 13.4. The Morgan fingerprint density at radius 1 is 0.952 bits per heavy atom. The molecule has 2 rings (SSSR count). The Bertz CT molecular complexity index is 604. The maximum atomic E-state index is 13.4. The highest BCUT2D eigenvalue weighted by atomic mass is 31.2. The van der Waals surface area contributed by atoms with Crippen LogP contribution in [0.2, 0.25) is 0 Å². The molecule has 0 aromatic heterocycles. The lowest BCUT2D eigenvalue weighted by Gasteiger charge is -2.13. The topological polar surface area (TPSA) is 29.4 Å². The molecule has 0 amide bonds. The van der Waals surface area contributed by atoms with Crippen molar-refractivity contribution in [3.8, 4) is 0 Å². The van der Waals surface area contributed by atoms with Crippen LogP contribution in [0.5, 0.6) is 0 Å². The maximum Gasteiger partial charge on any atom is 0.247 e. The Morgan fingerprint density at radius 2 is 1.48 bits per heavy atom. The molecule has 0 atom stereocenters. The molecule has 0 fully saturated rings. The van der Waals surface area contributed by atoms with Gasteiger partial charge >= 0.3 is 0 Å². The molecule has 108 valence electrons. The molecule has 3 heteroatoms. The molecule has 0 heterocycles. The first kappa shape index (κ1) is 15.5. The Balaban J connectivity index is 2.39. The van der Waals surface area contributed by atoms with Crippen LogP contribution in [0.1, 0.15) is 19.8 Å². The van der Waals surface area contributed by atoms with Crippen LogP contribution in [-0.4, -0.2) is 6.21 Å². The van der Waals surface area contributed by atoms with Gasteiger partial charge in [0.05, 0.1) is 0 Å². The fourth-order valence-corrected chi connectivity index (χ4v) is 3.98. The molecular formula is C18H20NOP. The van der Waals surface area contributed by atoms with Crippen molar-refractivity contribution in [1.82, 2.24) is 0 Å². The van der Waals surface area contributed by atoms with E-state index in [0.29, 0.717) is 0 Å². The highest BCUT2D eigenvalue weighted by molar-refractivity contribution is 7.77. The van der Waals surface area contributed by atoms with Crippen LogP contribution in [0.4, 0.5) is 0 Å². The molecule has 2 nitrogen and oxygen atoms in total. The summed E-state index contributed by atoms with van der Waals surface area (Å²) in [4.78, 5) is 0. The third kappa shape index (κ3) is 4.03. The van der Waals surface area contributed by atoms with Gasteiger partial charge in [0.15, 0.2) is 0 Å². The third-order valence-corrected chi connectivity index (χ3v) is 5.57. The van der Waals surface area contributed by atoms with Crippen LogP contribution in [0.25, 0.3) is 0 Å². The van der Waals surface area contributed by atoms with Crippen molar-refractivity contribution in [2.24, 2.45) is 4.76 Å². The fourth-order valence-electron chi connectivity index (χ4n) is 2.00. The van der Waals surface area contributed by atoms with Crippen LogP contribution in [0, 0.1) is 0 Å². The van der Waals surface area contributed by atoms with Crippen molar-refractivity contribution in [2.45, 2.75) is 19.8 Å². The van der Waals surface area contributed by atoms with Crippen LogP contribution in [-0.2, 0) is 4.57 Å². The third-order valence-electron chi connectivity index (χ3n) is 3.12. The lowest BCUT2D eigenvalue weighted by Crippen LogP contribution is -2.14. The van der Waals surface area contributed by atoms with Gasteiger partial charge in [-0.3, -0.25) is 4.57 Å². The largest absolute Gasteiger partial charge is 0.288 e. The molecule has 0 saturated carbocycles. The summed E-state index contributed by atoms with van der Waals surface area (Å²) >= 11 is 0. The van der Waals surface area contributed by atoms with E-state index in [9.17, 15) is 4.57 Å². The van der Waals surface area contributed by atoms with Gasteiger partial charge in [-0.05, 0) is 36.8 Å². The lowest BCUT2D eigenvalue weighted by atomic mass is 10.3. The van der Waals surface area contributed by atoms with Crippen LogP contribution in [0.3, 0.4) is 0 Å². The van der Waals surface area contributed by atoms with Crippen molar-refractivity contribution in [1.29, 1.82) is 0 Å². The highest BCUT2D eigenvalue weighted by Crippen LogP contribution is 2.44. The molecule has 0 aliphatic carbocycles. The Morgan fingerprint density at radius 3 is 1.95 bits per heavy atom. The summed E-state index contributed by atoms with van der Waals surface area (Å²) in [7, 11) is -2.95. The standard InChI is InChI=1S/C18H20NOP/c1-2-3-4-11-16-19-21(20,17-12-7-5-8-13-17)18-14-9-6-10-15-18/h4-16H,2-3H2,1H3/b11-4+,19-16?. The van der Waals surface area contributed by atoms with Crippen LogP contribution >= 0.6 is 7.29 Å². The second-order valence-electron chi connectivity index (χ2n) is 4.73. The first-order chi connectivity index (χ1) is 10.3. The zero-order valence-corrected chi connectivity index (χ0v) is 13.1. The van der Waals surface area contributed by atoms with E-state index in [0.717, 1.165) is 23.5 Å². The van der Waals surface area contributed by atoms with E-state index >= 15 is 0 Å². The monoisotopic (exact) mass is 297 g/mol. The minimum Gasteiger partial charge on any atom is -0.288 e. The van der Waals surface area contributed by atoms with Crippen molar-refractivity contribution in [3.63, 3.8) is 0 Å². The number of benzene rings is 2. The number of rotatable bonds is 6. The second-order valence-corrected chi connectivity index (χ2v) is 7.14. The van der Waals surface area contributed by atoms with Gasteiger partial charge in [-0.2, -0.15) is 0 Å². The molecule has 0 aliphatic heterocycles. The number of hydrogen-bond acceptors (Lipinski definition) is 1. The molecule has 0 spiro atoms. The zero-order valence-electron chi connectivity index (χ0n) is 12.2. The van der Waals surface area contributed by atoms with Gasteiger partial charge in [0, 0.05) is 16.8 Å². The summed E-state index contributed by atoms with van der Waals surface area (Å²) in [5.41, 5.74) is 0. The van der Waals surface area contributed by atoms with Crippen LogP contribution < -0.4 is 10.6 Å². The van der Waals surface area contributed by atoms with E-state index in [2.05, 4.69) is 11.7 Å². The fraction of sp³-hybridized carbons (Fsp3) is 0.167. The minimum absolute atomic E-state index is 0.761. The van der Waals surface area contributed by atoms with E-state index < -0.39 is 7.29 Å². The molecule has 2 aromatic rings. The number of hydrogen-bond donors (Lipinski definition) is 0. The zero-order chi connectivity index (χ0) is 15.0. The minimum atomic E-state index is -2.95. The van der Waals surface area contributed by atoms with E-state index in [1.165, 1.54) is 0 Å². The first-order valence-electron chi connectivity index (χ1n) is 7.19. The molecule has 0 radical (unpaired) electrons. The Labute approximate surface area is 126 Å². The predicted molar refractivity (Wildman–Crippen MR) is 92.3 cm³/mol. The van der Waals surface area contributed by atoms with E-state index in [1.54, 1.807) is 6.21 Å². The van der Waals surface area contributed by atoms with E-state index in [-0.39, 0.29) is 0 Å². The van der Waals surface area contributed by atoms with Gasteiger partial charge in [0.25, 0.3) is 0 Å².